The quantitative estimate of drug-likeness (QED) is 0.792. The summed E-state index contributed by atoms with van der Waals surface area (Å²) in [5.41, 5.74) is 5.64. The van der Waals surface area contributed by atoms with Gasteiger partial charge in [0.25, 0.3) is 0 Å². The van der Waals surface area contributed by atoms with Crippen LogP contribution in [0, 0.1) is 11.8 Å². The van der Waals surface area contributed by atoms with E-state index in [1.165, 1.54) is 11.5 Å². The van der Waals surface area contributed by atoms with Gasteiger partial charge in [0.15, 0.2) is 0 Å². The van der Waals surface area contributed by atoms with Gasteiger partial charge in [-0.15, -0.1) is 5.10 Å². The molecule has 0 spiro atoms. The van der Waals surface area contributed by atoms with E-state index < -0.39 is 0 Å². The van der Waals surface area contributed by atoms with Crippen LogP contribution in [0.3, 0.4) is 0 Å². The van der Waals surface area contributed by atoms with Gasteiger partial charge in [0.1, 0.15) is 5.00 Å². The lowest BCUT2D eigenvalue weighted by molar-refractivity contribution is -0.117. The van der Waals surface area contributed by atoms with Gasteiger partial charge in [0.2, 0.25) is 5.91 Å². The fourth-order valence-electron chi connectivity index (χ4n) is 1.60. The van der Waals surface area contributed by atoms with Gasteiger partial charge in [-0.3, -0.25) is 4.79 Å². The molecule has 6 heteroatoms. The fourth-order valence-corrected chi connectivity index (χ4v) is 2.04. The van der Waals surface area contributed by atoms with Crippen LogP contribution < -0.4 is 11.1 Å². The number of nitrogens with zero attached hydrogens (tertiary/aromatic N) is 2. The molecule has 90 valence electrons. The second-order valence-electron chi connectivity index (χ2n) is 4.27. The second kappa shape index (κ2) is 6.55. The van der Waals surface area contributed by atoms with Crippen molar-refractivity contribution in [1.29, 1.82) is 0 Å². The average Bonchev–Trinajstić information content (AvgIpc) is 2.68. The molecule has 1 aromatic rings. The first-order valence-electron chi connectivity index (χ1n) is 5.39. The highest BCUT2D eigenvalue weighted by Gasteiger charge is 2.14. The van der Waals surface area contributed by atoms with Crippen LogP contribution in [0.1, 0.15) is 26.7 Å². The minimum atomic E-state index is -0.0119. The molecule has 0 radical (unpaired) electrons. The van der Waals surface area contributed by atoms with Crippen LogP contribution in [0.4, 0.5) is 5.00 Å². The third-order valence-electron chi connectivity index (χ3n) is 2.24. The predicted molar refractivity (Wildman–Crippen MR) is 65.2 cm³/mol. The third-order valence-corrected chi connectivity index (χ3v) is 2.82. The lowest BCUT2D eigenvalue weighted by Gasteiger charge is -2.15. The number of carbonyl (C=O) groups excluding carboxylic acids is 1. The number of carbonyl (C=O) groups is 1. The summed E-state index contributed by atoms with van der Waals surface area (Å²) < 4.78 is 3.68. The molecule has 0 aromatic carbocycles. The van der Waals surface area contributed by atoms with Crippen molar-refractivity contribution in [2.75, 3.05) is 11.9 Å². The van der Waals surface area contributed by atoms with Crippen molar-refractivity contribution in [3.05, 3.63) is 6.20 Å². The van der Waals surface area contributed by atoms with Gasteiger partial charge in [-0.05, 0) is 24.8 Å². The summed E-state index contributed by atoms with van der Waals surface area (Å²) >= 11 is 1.18. The molecule has 1 heterocycles. The lowest BCUT2D eigenvalue weighted by Crippen LogP contribution is -2.23. The summed E-state index contributed by atoms with van der Waals surface area (Å²) in [6.45, 7) is 4.81. The topological polar surface area (TPSA) is 80.9 Å². The Morgan fingerprint density at radius 1 is 1.62 bits per heavy atom. The van der Waals surface area contributed by atoms with Gasteiger partial charge >= 0.3 is 0 Å². The van der Waals surface area contributed by atoms with Crippen molar-refractivity contribution >= 4 is 22.4 Å². The highest BCUT2D eigenvalue weighted by molar-refractivity contribution is 7.10. The molecule has 0 saturated carbocycles. The number of nitrogens with one attached hydrogen (secondary N) is 1. The largest absolute Gasteiger partial charge is 0.330 e. The Kier molecular flexibility index (Phi) is 5.34. The Hall–Kier alpha value is -1.01. The monoisotopic (exact) mass is 242 g/mol. The van der Waals surface area contributed by atoms with Crippen LogP contribution in [0.5, 0.6) is 0 Å². The minimum absolute atomic E-state index is 0.0119. The smallest absolute Gasteiger partial charge is 0.225 e. The highest BCUT2D eigenvalue weighted by atomic mass is 32.1. The molecular formula is C10H18N4OS. The Morgan fingerprint density at radius 3 is 2.88 bits per heavy atom. The molecule has 1 aromatic heterocycles. The van der Waals surface area contributed by atoms with Crippen LogP contribution >= 0.6 is 11.5 Å². The maximum atomic E-state index is 11.6. The first-order chi connectivity index (χ1) is 7.61. The Morgan fingerprint density at radius 2 is 2.38 bits per heavy atom. The van der Waals surface area contributed by atoms with E-state index in [0.717, 1.165) is 6.42 Å². The van der Waals surface area contributed by atoms with Gasteiger partial charge < -0.3 is 11.1 Å². The average molecular weight is 242 g/mol. The van der Waals surface area contributed by atoms with E-state index in [0.29, 0.717) is 23.9 Å². The molecule has 1 atom stereocenters. The zero-order valence-corrected chi connectivity index (χ0v) is 10.5. The van der Waals surface area contributed by atoms with Crippen LogP contribution in [0.25, 0.3) is 0 Å². The summed E-state index contributed by atoms with van der Waals surface area (Å²) in [7, 11) is 0. The van der Waals surface area contributed by atoms with Gasteiger partial charge in [-0.2, -0.15) is 0 Å². The number of amides is 1. The molecule has 0 bridgehead atoms. The van der Waals surface area contributed by atoms with E-state index in [1.54, 1.807) is 6.20 Å². The Labute approximate surface area is 99.6 Å². The number of aromatic nitrogens is 2. The SMILES string of the molecule is CC(C)CC(CN)CC(=O)Nc1cnns1. The molecule has 5 nitrogen and oxygen atoms in total. The molecule has 0 aliphatic heterocycles. The first kappa shape index (κ1) is 13.1. The Bertz CT molecular complexity index is 313. The van der Waals surface area contributed by atoms with Crippen LogP contribution in [0.15, 0.2) is 6.20 Å². The maximum absolute atomic E-state index is 11.6. The second-order valence-corrected chi connectivity index (χ2v) is 5.05. The van der Waals surface area contributed by atoms with Gasteiger partial charge in [-0.1, -0.05) is 18.3 Å². The van der Waals surface area contributed by atoms with Crippen molar-refractivity contribution in [2.24, 2.45) is 17.6 Å². The van der Waals surface area contributed by atoms with Crippen molar-refractivity contribution < 1.29 is 4.79 Å². The number of rotatable bonds is 6. The molecule has 1 unspecified atom stereocenters. The molecule has 1 amide bonds. The van der Waals surface area contributed by atoms with Gasteiger partial charge in [0.05, 0.1) is 6.20 Å². The normalized spacial score (nSPS) is 12.8. The molecule has 0 aliphatic rings. The highest BCUT2D eigenvalue weighted by Crippen LogP contribution is 2.16. The summed E-state index contributed by atoms with van der Waals surface area (Å²) in [5.74, 6) is 0.800. The molecule has 16 heavy (non-hydrogen) atoms. The molecule has 3 N–H and O–H groups in total. The van der Waals surface area contributed by atoms with E-state index >= 15 is 0 Å². The predicted octanol–water partition coefficient (Wildman–Crippen LogP) is 1.49. The maximum Gasteiger partial charge on any atom is 0.225 e. The lowest BCUT2D eigenvalue weighted by atomic mass is 9.94. The Balaban J connectivity index is 2.37. The van der Waals surface area contributed by atoms with Gasteiger partial charge in [-0.25, -0.2) is 0 Å². The van der Waals surface area contributed by atoms with Crippen LogP contribution in [-0.2, 0) is 4.79 Å². The van der Waals surface area contributed by atoms with Gasteiger partial charge in [0, 0.05) is 18.0 Å². The van der Waals surface area contributed by atoms with Crippen molar-refractivity contribution in [3.8, 4) is 0 Å². The molecule has 0 saturated heterocycles. The summed E-state index contributed by atoms with van der Waals surface area (Å²) in [6.07, 6.45) is 2.99. The van der Waals surface area contributed by atoms with E-state index in [1.807, 2.05) is 0 Å². The van der Waals surface area contributed by atoms with E-state index in [4.69, 9.17) is 5.73 Å². The third kappa shape index (κ3) is 4.67. The zero-order chi connectivity index (χ0) is 12.0. The zero-order valence-electron chi connectivity index (χ0n) is 9.64. The molecular weight excluding hydrogens is 224 g/mol. The van der Waals surface area contributed by atoms with Crippen LogP contribution in [0.2, 0.25) is 0 Å². The number of hydrogen-bond donors (Lipinski definition) is 2. The summed E-state index contributed by atoms with van der Waals surface area (Å²) in [6, 6.07) is 0. The summed E-state index contributed by atoms with van der Waals surface area (Å²) in [5, 5.41) is 7.10. The molecule has 0 fully saturated rings. The number of hydrogen-bond acceptors (Lipinski definition) is 5. The first-order valence-corrected chi connectivity index (χ1v) is 6.16. The van der Waals surface area contributed by atoms with E-state index in [9.17, 15) is 4.79 Å². The van der Waals surface area contributed by atoms with E-state index in [2.05, 4.69) is 28.8 Å². The molecule has 1 rings (SSSR count). The number of anilines is 1. The minimum Gasteiger partial charge on any atom is -0.330 e. The van der Waals surface area contributed by atoms with Crippen molar-refractivity contribution in [3.63, 3.8) is 0 Å². The van der Waals surface area contributed by atoms with Crippen molar-refractivity contribution in [2.45, 2.75) is 26.7 Å². The molecule has 0 aliphatic carbocycles. The van der Waals surface area contributed by atoms with Crippen LogP contribution in [-0.4, -0.2) is 22.0 Å². The van der Waals surface area contributed by atoms with Crippen molar-refractivity contribution in [1.82, 2.24) is 9.59 Å². The standard InChI is InChI=1S/C10H18N4OS/c1-7(2)3-8(5-11)4-9(15)13-10-6-12-14-16-10/h6-8H,3-5,11H2,1-2H3,(H,13,15). The number of nitrogens with two attached hydrogens (primary N) is 1. The summed E-state index contributed by atoms with van der Waals surface area (Å²) in [4.78, 5) is 11.6. The fraction of sp³-hybridized carbons (Fsp3) is 0.700. The van der Waals surface area contributed by atoms with E-state index in [-0.39, 0.29) is 11.8 Å².